The maximum atomic E-state index is 10.9. The Bertz CT molecular complexity index is 227. The number of nitrogens with zero attached hydrogens (tertiary/aromatic N) is 2. The van der Waals surface area contributed by atoms with Crippen LogP contribution in [0.15, 0.2) is 0 Å². The van der Waals surface area contributed by atoms with Crippen LogP contribution >= 0.6 is 0 Å². The highest BCUT2D eigenvalue weighted by molar-refractivity contribution is 5.73. The van der Waals surface area contributed by atoms with Crippen molar-refractivity contribution in [2.45, 2.75) is 38.1 Å². The molecule has 0 aromatic rings. The number of rotatable bonds is 3. The summed E-state index contributed by atoms with van der Waals surface area (Å²) in [4.78, 5) is 12.8. The fourth-order valence-corrected chi connectivity index (χ4v) is 1.87. The summed E-state index contributed by atoms with van der Waals surface area (Å²) in [6.45, 7) is 1.64. The van der Waals surface area contributed by atoms with E-state index in [1.54, 1.807) is 0 Å². The van der Waals surface area contributed by atoms with Crippen molar-refractivity contribution in [1.29, 1.82) is 5.26 Å². The van der Waals surface area contributed by atoms with Gasteiger partial charge in [0.05, 0.1) is 12.5 Å². The number of nitriles is 1. The lowest BCUT2D eigenvalue weighted by Gasteiger charge is -2.25. The van der Waals surface area contributed by atoms with Crippen molar-refractivity contribution >= 4 is 5.97 Å². The lowest BCUT2D eigenvalue weighted by molar-refractivity contribution is -0.143. The monoisotopic (exact) mass is 196 g/mol. The van der Waals surface area contributed by atoms with Crippen LogP contribution in [0, 0.1) is 11.3 Å². The molecule has 1 rings (SSSR count). The number of carbonyl (C=O) groups is 1. The fourth-order valence-electron chi connectivity index (χ4n) is 1.87. The maximum Gasteiger partial charge on any atom is 0.321 e. The zero-order chi connectivity index (χ0) is 10.4. The average Bonchev–Trinajstić information content (AvgIpc) is 2.41. The number of likely N-dealkylation sites (tertiary alicyclic amines) is 1. The summed E-state index contributed by atoms with van der Waals surface area (Å²) >= 11 is 0. The molecule has 4 heteroatoms. The van der Waals surface area contributed by atoms with Crippen LogP contribution in [0.1, 0.15) is 32.1 Å². The molecule has 0 saturated carbocycles. The maximum absolute atomic E-state index is 10.9. The van der Waals surface area contributed by atoms with E-state index in [0.717, 1.165) is 25.9 Å². The van der Waals surface area contributed by atoms with Gasteiger partial charge in [0.1, 0.15) is 6.04 Å². The molecule has 1 aliphatic heterocycles. The van der Waals surface area contributed by atoms with Crippen LogP contribution in [0.5, 0.6) is 0 Å². The standard InChI is InChI=1S/C10H16N2O2/c11-6-5-9(10(13)14)12-7-3-1-2-4-8-12/h9H,1-5,7-8H2,(H,13,14). The van der Waals surface area contributed by atoms with E-state index >= 15 is 0 Å². The van der Waals surface area contributed by atoms with Gasteiger partial charge in [0.15, 0.2) is 0 Å². The Balaban J connectivity index is 2.56. The van der Waals surface area contributed by atoms with Crippen LogP contribution < -0.4 is 0 Å². The topological polar surface area (TPSA) is 64.3 Å². The van der Waals surface area contributed by atoms with Crippen molar-refractivity contribution < 1.29 is 9.90 Å². The summed E-state index contributed by atoms with van der Waals surface area (Å²) in [5, 5.41) is 17.5. The van der Waals surface area contributed by atoms with Crippen LogP contribution in [0.25, 0.3) is 0 Å². The van der Waals surface area contributed by atoms with Gasteiger partial charge in [-0.05, 0) is 25.9 Å². The highest BCUT2D eigenvalue weighted by Gasteiger charge is 2.25. The third-order valence-electron chi connectivity index (χ3n) is 2.65. The van der Waals surface area contributed by atoms with Crippen LogP contribution in [0.4, 0.5) is 0 Å². The SMILES string of the molecule is N#CCC(C(=O)O)N1CCCCCC1. The van der Waals surface area contributed by atoms with E-state index < -0.39 is 12.0 Å². The predicted octanol–water partition coefficient (Wildman–Crippen LogP) is 1.23. The van der Waals surface area contributed by atoms with E-state index in [1.165, 1.54) is 12.8 Å². The Morgan fingerprint density at radius 3 is 2.36 bits per heavy atom. The summed E-state index contributed by atoms with van der Waals surface area (Å²) in [5.41, 5.74) is 0. The second-order valence-electron chi connectivity index (χ2n) is 3.67. The minimum Gasteiger partial charge on any atom is -0.480 e. The van der Waals surface area contributed by atoms with E-state index in [-0.39, 0.29) is 6.42 Å². The van der Waals surface area contributed by atoms with Gasteiger partial charge in [-0.15, -0.1) is 0 Å². The lowest BCUT2D eigenvalue weighted by Crippen LogP contribution is -2.41. The fraction of sp³-hybridized carbons (Fsp3) is 0.800. The van der Waals surface area contributed by atoms with Crippen molar-refractivity contribution in [3.8, 4) is 6.07 Å². The van der Waals surface area contributed by atoms with Gasteiger partial charge in [0.25, 0.3) is 0 Å². The Kier molecular flexibility index (Phi) is 4.41. The highest BCUT2D eigenvalue weighted by atomic mass is 16.4. The molecule has 78 valence electrons. The second kappa shape index (κ2) is 5.61. The van der Waals surface area contributed by atoms with Crippen LogP contribution in [-0.4, -0.2) is 35.1 Å². The van der Waals surface area contributed by atoms with Crippen LogP contribution in [0.2, 0.25) is 0 Å². The zero-order valence-corrected chi connectivity index (χ0v) is 8.28. The molecular weight excluding hydrogens is 180 g/mol. The van der Waals surface area contributed by atoms with Gasteiger partial charge >= 0.3 is 5.97 Å². The van der Waals surface area contributed by atoms with Crippen LogP contribution in [0.3, 0.4) is 0 Å². The quantitative estimate of drug-likeness (QED) is 0.737. The highest BCUT2D eigenvalue weighted by Crippen LogP contribution is 2.14. The molecule has 0 radical (unpaired) electrons. The molecule has 1 saturated heterocycles. The van der Waals surface area contributed by atoms with Crippen molar-refractivity contribution in [2.75, 3.05) is 13.1 Å². The van der Waals surface area contributed by atoms with Gasteiger partial charge in [-0.3, -0.25) is 9.69 Å². The molecule has 1 N–H and O–H groups in total. The van der Waals surface area contributed by atoms with Crippen molar-refractivity contribution in [3.63, 3.8) is 0 Å². The van der Waals surface area contributed by atoms with Gasteiger partial charge in [-0.2, -0.15) is 5.26 Å². The summed E-state index contributed by atoms with van der Waals surface area (Å²) in [7, 11) is 0. The molecule has 4 nitrogen and oxygen atoms in total. The van der Waals surface area contributed by atoms with E-state index in [9.17, 15) is 4.79 Å². The number of hydrogen-bond donors (Lipinski definition) is 1. The normalized spacial score (nSPS) is 20.8. The molecule has 0 aliphatic carbocycles. The van der Waals surface area contributed by atoms with Crippen molar-refractivity contribution in [3.05, 3.63) is 0 Å². The Labute approximate surface area is 84.1 Å². The molecule has 1 unspecified atom stereocenters. The predicted molar refractivity (Wildman–Crippen MR) is 51.7 cm³/mol. The first-order valence-electron chi connectivity index (χ1n) is 5.09. The minimum absolute atomic E-state index is 0.0926. The Morgan fingerprint density at radius 1 is 1.36 bits per heavy atom. The molecule has 0 aromatic heterocycles. The van der Waals surface area contributed by atoms with E-state index in [2.05, 4.69) is 0 Å². The van der Waals surface area contributed by atoms with E-state index in [0.29, 0.717) is 0 Å². The lowest BCUT2D eigenvalue weighted by atomic mass is 10.2. The van der Waals surface area contributed by atoms with Crippen molar-refractivity contribution in [2.24, 2.45) is 0 Å². The number of hydrogen-bond acceptors (Lipinski definition) is 3. The molecule has 0 amide bonds. The molecule has 1 atom stereocenters. The molecule has 0 spiro atoms. The molecule has 1 heterocycles. The van der Waals surface area contributed by atoms with Gasteiger partial charge in [0, 0.05) is 0 Å². The van der Waals surface area contributed by atoms with E-state index in [1.807, 2.05) is 11.0 Å². The largest absolute Gasteiger partial charge is 0.480 e. The van der Waals surface area contributed by atoms with E-state index in [4.69, 9.17) is 10.4 Å². The average molecular weight is 196 g/mol. The minimum atomic E-state index is -0.867. The summed E-state index contributed by atoms with van der Waals surface area (Å²) in [6.07, 6.45) is 4.55. The first kappa shape index (κ1) is 11.0. The molecule has 1 fully saturated rings. The molecule has 1 aliphatic rings. The van der Waals surface area contributed by atoms with Gasteiger partial charge in [-0.1, -0.05) is 12.8 Å². The summed E-state index contributed by atoms with van der Waals surface area (Å²) in [6, 6.07) is 1.35. The summed E-state index contributed by atoms with van der Waals surface area (Å²) in [5.74, 6) is -0.867. The number of carboxylic acids is 1. The van der Waals surface area contributed by atoms with Gasteiger partial charge in [-0.25, -0.2) is 0 Å². The molecule has 0 bridgehead atoms. The zero-order valence-electron chi connectivity index (χ0n) is 8.28. The number of carboxylic acid groups (broad SMARTS) is 1. The first-order valence-corrected chi connectivity index (χ1v) is 5.09. The van der Waals surface area contributed by atoms with Crippen molar-refractivity contribution in [1.82, 2.24) is 4.90 Å². The van der Waals surface area contributed by atoms with Gasteiger partial charge < -0.3 is 5.11 Å². The molecule has 14 heavy (non-hydrogen) atoms. The Morgan fingerprint density at radius 2 is 1.93 bits per heavy atom. The number of aliphatic carboxylic acids is 1. The third kappa shape index (κ3) is 3.00. The molecular formula is C10H16N2O2. The van der Waals surface area contributed by atoms with Gasteiger partial charge in [0.2, 0.25) is 0 Å². The third-order valence-corrected chi connectivity index (χ3v) is 2.65. The summed E-state index contributed by atoms with van der Waals surface area (Å²) < 4.78 is 0. The molecule has 0 aromatic carbocycles. The Hall–Kier alpha value is -1.08. The second-order valence-corrected chi connectivity index (χ2v) is 3.67. The smallest absolute Gasteiger partial charge is 0.321 e. The van der Waals surface area contributed by atoms with Crippen LogP contribution in [-0.2, 0) is 4.79 Å². The first-order chi connectivity index (χ1) is 6.75.